The fraction of sp³-hybridized carbons (Fsp3) is 0.222. The number of carbonyl (C=O) groups is 1. The lowest BCUT2D eigenvalue weighted by atomic mass is 10.0. The Morgan fingerprint density at radius 1 is 1.21 bits per heavy atom. The summed E-state index contributed by atoms with van der Waals surface area (Å²) < 4.78 is 0. The lowest BCUT2D eigenvalue weighted by Gasteiger charge is -2.04. The van der Waals surface area contributed by atoms with Crippen molar-refractivity contribution in [1.82, 2.24) is 15.2 Å². The van der Waals surface area contributed by atoms with Gasteiger partial charge in [-0.2, -0.15) is 0 Å². The molecule has 120 valence electrons. The normalized spacial score (nSPS) is 19.0. The number of hydrogen-bond donors (Lipinski definition) is 1. The summed E-state index contributed by atoms with van der Waals surface area (Å²) in [5.41, 5.74) is 3.42. The Kier molecular flexibility index (Phi) is 3.82. The van der Waals surface area contributed by atoms with Crippen LogP contribution in [-0.2, 0) is 4.79 Å². The van der Waals surface area contributed by atoms with E-state index in [1.165, 1.54) is 22.5 Å². The van der Waals surface area contributed by atoms with Crippen LogP contribution in [0, 0.1) is 12.8 Å². The maximum atomic E-state index is 12.4. The molecule has 1 aliphatic carbocycles. The van der Waals surface area contributed by atoms with Crippen LogP contribution in [0.5, 0.6) is 0 Å². The number of nitrogens with one attached hydrogen (secondary N) is 1. The van der Waals surface area contributed by atoms with Gasteiger partial charge in [-0.1, -0.05) is 35.6 Å². The summed E-state index contributed by atoms with van der Waals surface area (Å²) in [5.74, 6) is 0.367. The van der Waals surface area contributed by atoms with Crippen LogP contribution in [0.15, 0.2) is 48.8 Å². The lowest BCUT2D eigenvalue weighted by molar-refractivity contribution is -0.117. The van der Waals surface area contributed by atoms with Crippen LogP contribution in [-0.4, -0.2) is 21.1 Å². The zero-order chi connectivity index (χ0) is 16.5. The van der Waals surface area contributed by atoms with E-state index in [0.29, 0.717) is 11.0 Å². The molecule has 1 aromatic carbocycles. The number of pyridine rings is 1. The van der Waals surface area contributed by atoms with Crippen LogP contribution in [0.1, 0.15) is 23.5 Å². The highest BCUT2D eigenvalue weighted by Crippen LogP contribution is 2.49. The van der Waals surface area contributed by atoms with Gasteiger partial charge < -0.3 is 5.32 Å². The number of anilines is 1. The van der Waals surface area contributed by atoms with Crippen LogP contribution in [0.25, 0.3) is 10.6 Å². The average molecular weight is 336 g/mol. The average Bonchev–Trinajstić information content (AvgIpc) is 3.27. The van der Waals surface area contributed by atoms with Crippen molar-refractivity contribution in [2.24, 2.45) is 5.92 Å². The molecule has 0 bridgehead atoms. The highest BCUT2D eigenvalue weighted by molar-refractivity contribution is 7.18. The Morgan fingerprint density at radius 3 is 2.88 bits per heavy atom. The molecule has 1 aliphatic rings. The molecule has 2 heterocycles. The van der Waals surface area contributed by atoms with Gasteiger partial charge in [-0.15, -0.1) is 10.2 Å². The minimum absolute atomic E-state index is 0.0249. The van der Waals surface area contributed by atoms with Gasteiger partial charge in [-0.3, -0.25) is 9.78 Å². The molecular formula is C18H16N4OS. The topological polar surface area (TPSA) is 67.8 Å². The predicted molar refractivity (Wildman–Crippen MR) is 93.8 cm³/mol. The number of carbonyl (C=O) groups excluding carboxylic acids is 1. The van der Waals surface area contributed by atoms with E-state index in [4.69, 9.17) is 0 Å². The molecule has 2 atom stereocenters. The van der Waals surface area contributed by atoms with Gasteiger partial charge in [0.15, 0.2) is 5.01 Å². The fourth-order valence-corrected chi connectivity index (χ4v) is 3.65. The van der Waals surface area contributed by atoms with Gasteiger partial charge in [0.05, 0.1) is 0 Å². The summed E-state index contributed by atoms with van der Waals surface area (Å²) in [4.78, 5) is 16.5. The standard InChI is InChI=1S/C18H16N4OS/c1-11-5-2-3-7-13(11)14-9-15(14)16(23)20-18-22-21-17(24-18)12-6-4-8-19-10-12/h2-8,10,14-15H,9H2,1H3,(H,20,22,23)/t14-,15-/m1/s1. The van der Waals surface area contributed by atoms with Crippen LogP contribution >= 0.6 is 11.3 Å². The lowest BCUT2D eigenvalue weighted by Crippen LogP contribution is -2.14. The molecule has 1 fully saturated rings. The first-order chi connectivity index (χ1) is 11.7. The second kappa shape index (κ2) is 6.13. The third-order valence-corrected chi connectivity index (χ3v) is 5.17. The summed E-state index contributed by atoms with van der Waals surface area (Å²) in [6, 6.07) is 12.0. The van der Waals surface area contributed by atoms with Gasteiger partial charge in [-0.05, 0) is 42.5 Å². The van der Waals surface area contributed by atoms with Crippen molar-refractivity contribution >= 4 is 22.4 Å². The molecule has 6 heteroatoms. The minimum atomic E-state index is 0.0249. The van der Waals surface area contributed by atoms with Gasteiger partial charge in [0.2, 0.25) is 11.0 Å². The number of aromatic nitrogens is 3. The van der Waals surface area contributed by atoms with E-state index in [0.717, 1.165) is 17.0 Å². The summed E-state index contributed by atoms with van der Waals surface area (Å²) in [6.07, 6.45) is 4.35. The molecule has 0 unspecified atom stereocenters. The molecule has 2 aromatic heterocycles. The quantitative estimate of drug-likeness (QED) is 0.789. The molecule has 1 saturated carbocycles. The van der Waals surface area contributed by atoms with E-state index in [-0.39, 0.29) is 11.8 Å². The molecule has 3 aromatic rings. The van der Waals surface area contributed by atoms with Crippen LogP contribution in [0.4, 0.5) is 5.13 Å². The summed E-state index contributed by atoms with van der Waals surface area (Å²) in [6.45, 7) is 2.09. The van der Waals surface area contributed by atoms with Gasteiger partial charge in [0, 0.05) is 23.9 Å². The number of nitrogens with zero attached hydrogens (tertiary/aromatic N) is 3. The van der Waals surface area contributed by atoms with Crippen molar-refractivity contribution in [3.8, 4) is 10.6 Å². The molecule has 1 amide bonds. The largest absolute Gasteiger partial charge is 0.300 e. The van der Waals surface area contributed by atoms with E-state index in [1.54, 1.807) is 12.4 Å². The van der Waals surface area contributed by atoms with Crippen LogP contribution < -0.4 is 5.32 Å². The van der Waals surface area contributed by atoms with Gasteiger partial charge in [-0.25, -0.2) is 0 Å². The number of benzene rings is 1. The molecule has 24 heavy (non-hydrogen) atoms. The van der Waals surface area contributed by atoms with Crippen molar-refractivity contribution in [2.45, 2.75) is 19.3 Å². The smallest absolute Gasteiger partial charge is 0.229 e. The minimum Gasteiger partial charge on any atom is -0.300 e. The maximum Gasteiger partial charge on any atom is 0.229 e. The molecule has 1 N–H and O–H groups in total. The number of rotatable bonds is 4. The van der Waals surface area contributed by atoms with Crippen LogP contribution in [0.2, 0.25) is 0 Å². The fourth-order valence-electron chi connectivity index (χ4n) is 2.91. The van der Waals surface area contributed by atoms with Crippen LogP contribution in [0.3, 0.4) is 0 Å². The van der Waals surface area contributed by atoms with Gasteiger partial charge in [0.25, 0.3) is 0 Å². The van der Waals surface area contributed by atoms with Crippen molar-refractivity contribution in [3.63, 3.8) is 0 Å². The third-order valence-electron chi connectivity index (χ3n) is 4.28. The second-order valence-electron chi connectivity index (χ2n) is 5.95. The SMILES string of the molecule is Cc1ccccc1[C@H]1C[C@H]1C(=O)Nc1nnc(-c2cccnc2)s1. The predicted octanol–water partition coefficient (Wildman–Crippen LogP) is 3.65. The van der Waals surface area contributed by atoms with Gasteiger partial charge >= 0.3 is 0 Å². The highest BCUT2D eigenvalue weighted by atomic mass is 32.1. The first-order valence-electron chi connectivity index (χ1n) is 7.82. The number of hydrogen-bond acceptors (Lipinski definition) is 5. The van der Waals surface area contributed by atoms with E-state index in [9.17, 15) is 4.79 Å². The summed E-state index contributed by atoms with van der Waals surface area (Å²) in [7, 11) is 0. The Hall–Kier alpha value is -2.60. The first-order valence-corrected chi connectivity index (χ1v) is 8.64. The first kappa shape index (κ1) is 15.0. The second-order valence-corrected chi connectivity index (χ2v) is 6.93. The summed E-state index contributed by atoms with van der Waals surface area (Å²) in [5, 5.41) is 12.4. The highest BCUT2D eigenvalue weighted by Gasteiger charge is 2.44. The molecule has 0 saturated heterocycles. The van der Waals surface area contributed by atoms with Crippen molar-refractivity contribution < 1.29 is 4.79 Å². The summed E-state index contributed by atoms with van der Waals surface area (Å²) >= 11 is 1.37. The number of amides is 1. The molecule has 4 rings (SSSR count). The molecule has 5 nitrogen and oxygen atoms in total. The molecular weight excluding hydrogens is 320 g/mol. The zero-order valence-electron chi connectivity index (χ0n) is 13.1. The zero-order valence-corrected chi connectivity index (χ0v) is 14.0. The van der Waals surface area contributed by atoms with Crippen molar-refractivity contribution in [1.29, 1.82) is 0 Å². The Bertz CT molecular complexity index is 877. The van der Waals surface area contributed by atoms with Crippen molar-refractivity contribution in [2.75, 3.05) is 5.32 Å². The maximum absolute atomic E-state index is 12.4. The Balaban J connectivity index is 1.43. The van der Waals surface area contributed by atoms with E-state index >= 15 is 0 Å². The number of aryl methyl sites for hydroxylation is 1. The monoisotopic (exact) mass is 336 g/mol. The Morgan fingerprint density at radius 2 is 2.08 bits per heavy atom. The van der Waals surface area contributed by atoms with E-state index in [1.807, 2.05) is 24.3 Å². The molecule has 0 spiro atoms. The van der Waals surface area contributed by atoms with Gasteiger partial charge in [0.1, 0.15) is 0 Å². The van der Waals surface area contributed by atoms with E-state index < -0.39 is 0 Å². The molecule has 0 radical (unpaired) electrons. The van der Waals surface area contributed by atoms with Crippen molar-refractivity contribution in [3.05, 3.63) is 59.9 Å². The Labute approximate surface area is 143 Å². The molecule has 0 aliphatic heterocycles. The third kappa shape index (κ3) is 2.92. The van der Waals surface area contributed by atoms with E-state index in [2.05, 4.69) is 39.6 Å².